The van der Waals surface area contributed by atoms with Gasteiger partial charge < -0.3 is 0 Å². The van der Waals surface area contributed by atoms with Gasteiger partial charge in [-0.05, 0) is 36.4 Å². The van der Waals surface area contributed by atoms with Crippen LogP contribution in [0.3, 0.4) is 0 Å². The first-order chi connectivity index (χ1) is 10.5. The molecule has 0 bridgehead atoms. The number of nitrogens with zero attached hydrogens (tertiary/aromatic N) is 2. The van der Waals surface area contributed by atoms with E-state index in [1.807, 2.05) is 0 Å². The van der Waals surface area contributed by atoms with E-state index in [2.05, 4.69) is 14.7 Å². The molecule has 8 heteroatoms. The van der Waals surface area contributed by atoms with Crippen molar-refractivity contribution in [3.05, 3.63) is 58.7 Å². The number of anilines is 1. The van der Waals surface area contributed by atoms with E-state index >= 15 is 0 Å². The third kappa shape index (κ3) is 2.99. The van der Waals surface area contributed by atoms with Crippen molar-refractivity contribution in [3.63, 3.8) is 0 Å². The van der Waals surface area contributed by atoms with Crippen LogP contribution in [-0.2, 0) is 10.0 Å². The molecule has 22 heavy (non-hydrogen) atoms. The summed E-state index contributed by atoms with van der Waals surface area (Å²) in [5.41, 5.74) is 1.02. The molecule has 0 saturated heterocycles. The van der Waals surface area contributed by atoms with Gasteiger partial charge in [0.15, 0.2) is 5.82 Å². The summed E-state index contributed by atoms with van der Waals surface area (Å²) in [6.07, 6.45) is 1.32. The van der Waals surface area contributed by atoms with Crippen molar-refractivity contribution < 1.29 is 8.42 Å². The minimum absolute atomic E-state index is 0.0879. The van der Waals surface area contributed by atoms with Gasteiger partial charge in [-0.1, -0.05) is 29.3 Å². The average Bonchev–Trinajstić information content (AvgIpc) is 2.47. The molecule has 1 heterocycles. The van der Waals surface area contributed by atoms with E-state index in [1.54, 1.807) is 18.2 Å². The summed E-state index contributed by atoms with van der Waals surface area (Å²) in [6.45, 7) is 0. The number of hydrogen-bond donors (Lipinski definition) is 1. The van der Waals surface area contributed by atoms with Crippen LogP contribution < -0.4 is 4.72 Å². The lowest BCUT2D eigenvalue weighted by Gasteiger charge is -2.08. The Kier molecular flexibility index (Phi) is 3.90. The van der Waals surface area contributed by atoms with Crippen LogP contribution >= 0.6 is 23.2 Å². The number of halogens is 2. The summed E-state index contributed by atoms with van der Waals surface area (Å²) in [5.74, 6) is 0.115. The normalized spacial score (nSPS) is 11.5. The summed E-state index contributed by atoms with van der Waals surface area (Å²) in [4.78, 5) is 8.42. The van der Waals surface area contributed by atoms with Crippen molar-refractivity contribution >= 4 is 50.1 Å². The first-order valence-corrected chi connectivity index (χ1v) is 8.39. The molecule has 112 valence electrons. The molecule has 5 nitrogen and oxygen atoms in total. The number of rotatable bonds is 3. The maximum absolute atomic E-state index is 12.3. The topological polar surface area (TPSA) is 72.0 Å². The number of para-hydroxylation sites is 1. The minimum Gasteiger partial charge on any atom is -0.262 e. The quantitative estimate of drug-likeness (QED) is 0.778. The van der Waals surface area contributed by atoms with Crippen molar-refractivity contribution in [2.45, 2.75) is 4.90 Å². The maximum atomic E-state index is 12.3. The van der Waals surface area contributed by atoms with Gasteiger partial charge in [0.1, 0.15) is 5.52 Å². The van der Waals surface area contributed by atoms with Crippen LogP contribution in [0, 0.1) is 0 Å². The predicted octanol–water partition coefficient (Wildman–Crippen LogP) is 3.74. The van der Waals surface area contributed by atoms with E-state index in [-0.39, 0.29) is 10.7 Å². The molecule has 0 spiro atoms. The monoisotopic (exact) mass is 353 g/mol. The Morgan fingerprint density at radius 1 is 1.00 bits per heavy atom. The Balaban J connectivity index is 1.97. The van der Waals surface area contributed by atoms with Gasteiger partial charge in [0, 0.05) is 5.02 Å². The highest BCUT2D eigenvalue weighted by Crippen LogP contribution is 2.22. The number of nitrogens with one attached hydrogen (secondary N) is 1. The molecule has 1 N–H and O–H groups in total. The molecule has 2 aromatic carbocycles. The van der Waals surface area contributed by atoms with E-state index in [9.17, 15) is 8.42 Å². The molecule has 0 aliphatic heterocycles. The minimum atomic E-state index is -3.75. The fraction of sp³-hybridized carbons (Fsp3) is 0. The highest BCUT2D eigenvalue weighted by atomic mass is 35.5. The van der Waals surface area contributed by atoms with Gasteiger partial charge >= 0.3 is 0 Å². The van der Waals surface area contributed by atoms with Gasteiger partial charge in [0.2, 0.25) is 0 Å². The molecule has 1 aromatic heterocycles. The standard InChI is InChI=1S/C14H9Cl2N3O2S/c15-9-4-6-10(7-5-9)22(20,21)19-13-8-17-14-11(16)2-1-3-12(14)18-13/h1-8H,(H,18,19). The molecule has 0 radical (unpaired) electrons. The van der Waals surface area contributed by atoms with Gasteiger partial charge in [-0.2, -0.15) is 0 Å². The molecule has 3 rings (SSSR count). The van der Waals surface area contributed by atoms with Crippen LogP contribution in [0.4, 0.5) is 5.82 Å². The van der Waals surface area contributed by atoms with Crippen molar-refractivity contribution in [3.8, 4) is 0 Å². The first kappa shape index (κ1) is 15.0. The zero-order valence-electron chi connectivity index (χ0n) is 11.0. The zero-order valence-corrected chi connectivity index (χ0v) is 13.3. The van der Waals surface area contributed by atoms with E-state index in [4.69, 9.17) is 23.2 Å². The molecule has 0 atom stereocenters. The first-order valence-electron chi connectivity index (χ1n) is 6.15. The second kappa shape index (κ2) is 5.72. The number of hydrogen-bond acceptors (Lipinski definition) is 4. The van der Waals surface area contributed by atoms with Crippen LogP contribution in [0.2, 0.25) is 10.0 Å². The number of fused-ring (bicyclic) bond motifs is 1. The Morgan fingerprint density at radius 2 is 1.73 bits per heavy atom. The van der Waals surface area contributed by atoms with Crippen LogP contribution in [0.25, 0.3) is 11.0 Å². The highest BCUT2D eigenvalue weighted by Gasteiger charge is 2.15. The van der Waals surface area contributed by atoms with Crippen molar-refractivity contribution in [2.75, 3.05) is 4.72 Å². The van der Waals surface area contributed by atoms with Gasteiger partial charge in [-0.3, -0.25) is 4.72 Å². The summed E-state index contributed by atoms with van der Waals surface area (Å²) in [7, 11) is -3.75. The van der Waals surface area contributed by atoms with Crippen LogP contribution in [0.15, 0.2) is 53.6 Å². The number of aromatic nitrogens is 2. The largest absolute Gasteiger partial charge is 0.263 e. The Hall–Kier alpha value is -1.89. The lowest BCUT2D eigenvalue weighted by atomic mass is 10.3. The van der Waals surface area contributed by atoms with Gasteiger partial charge in [-0.25, -0.2) is 18.4 Å². The smallest absolute Gasteiger partial charge is 0.262 e. The Morgan fingerprint density at radius 3 is 2.45 bits per heavy atom. The Labute approximate surface area is 137 Å². The van der Waals surface area contributed by atoms with Crippen LogP contribution in [0.5, 0.6) is 0 Å². The summed E-state index contributed by atoms with van der Waals surface area (Å²) in [5, 5.41) is 0.913. The predicted molar refractivity (Wildman–Crippen MR) is 86.8 cm³/mol. The third-order valence-corrected chi connectivity index (χ3v) is 4.81. The van der Waals surface area contributed by atoms with E-state index < -0.39 is 10.0 Å². The molecule has 0 fully saturated rings. The highest BCUT2D eigenvalue weighted by molar-refractivity contribution is 7.92. The van der Waals surface area contributed by atoms with Crippen molar-refractivity contribution in [1.29, 1.82) is 0 Å². The maximum Gasteiger partial charge on any atom is 0.263 e. The number of sulfonamides is 1. The molecular weight excluding hydrogens is 345 g/mol. The molecule has 0 saturated carbocycles. The molecule has 0 aliphatic carbocycles. The second-order valence-electron chi connectivity index (χ2n) is 4.42. The van der Waals surface area contributed by atoms with E-state index in [1.165, 1.54) is 30.5 Å². The fourth-order valence-electron chi connectivity index (χ4n) is 1.87. The van der Waals surface area contributed by atoms with Crippen molar-refractivity contribution in [1.82, 2.24) is 9.97 Å². The molecule has 0 aliphatic rings. The Bertz CT molecular complexity index is 944. The van der Waals surface area contributed by atoms with Gasteiger partial charge in [0.25, 0.3) is 10.0 Å². The van der Waals surface area contributed by atoms with Crippen LogP contribution in [-0.4, -0.2) is 18.4 Å². The fourth-order valence-corrected chi connectivity index (χ4v) is 3.20. The average molecular weight is 354 g/mol. The lowest BCUT2D eigenvalue weighted by Crippen LogP contribution is -2.14. The van der Waals surface area contributed by atoms with Gasteiger partial charge in [-0.15, -0.1) is 0 Å². The van der Waals surface area contributed by atoms with E-state index in [0.29, 0.717) is 21.1 Å². The third-order valence-electron chi connectivity index (χ3n) is 2.89. The lowest BCUT2D eigenvalue weighted by molar-refractivity contribution is 0.601. The summed E-state index contributed by atoms with van der Waals surface area (Å²) < 4.78 is 26.9. The van der Waals surface area contributed by atoms with Crippen LogP contribution in [0.1, 0.15) is 0 Å². The SMILES string of the molecule is O=S(=O)(Nc1cnc2c(Cl)cccc2n1)c1ccc(Cl)cc1. The zero-order chi connectivity index (χ0) is 15.7. The molecule has 0 unspecified atom stereocenters. The summed E-state index contributed by atoms with van der Waals surface area (Å²) >= 11 is 11.8. The van der Waals surface area contributed by atoms with Gasteiger partial charge in [0.05, 0.1) is 21.6 Å². The molecule has 0 amide bonds. The number of benzene rings is 2. The molecular formula is C14H9Cl2N3O2S. The van der Waals surface area contributed by atoms with Crippen molar-refractivity contribution in [2.24, 2.45) is 0 Å². The van der Waals surface area contributed by atoms with E-state index in [0.717, 1.165) is 0 Å². The second-order valence-corrected chi connectivity index (χ2v) is 6.95. The summed E-state index contributed by atoms with van der Waals surface area (Å²) in [6, 6.07) is 10.9. The molecule has 3 aromatic rings.